The number of aromatic amines is 1. The Labute approximate surface area is 173 Å². The highest BCUT2D eigenvalue weighted by Crippen LogP contribution is 2.28. The van der Waals surface area contributed by atoms with Crippen LogP contribution in [0.15, 0.2) is 57.7 Å². The number of nitrogens with zero attached hydrogens (tertiary/aromatic N) is 2. The molecule has 0 aliphatic heterocycles. The van der Waals surface area contributed by atoms with Crippen molar-refractivity contribution >= 4 is 45.0 Å². The van der Waals surface area contributed by atoms with Crippen molar-refractivity contribution in [3.8, 4) is 0 Å². The fourth-order valence-corrected chi connectivity index (χ4v) is 4.38. The first kappa shape index (κ1) is 19.3. The minimum atomic E-state index is -0.405. The van der Waals surface area contributed by atoms with Gasteiger partial charge in [-0.1, -0.05) is 29.2 Å². The molecule has 0 atom stereocenters. The Morgan fingerprint density at radius 2 is 1.97 bits per heavy atom. The zero-order valence-electron chi connectivity index (χ0n) is 15.2. The van der Waals surface area contributed by atoms with Gasteiger partial charge in [-0.15, -0.1) is 10.2 Å². The van der Waals surface area contributed by atoms with Crippen LogP contribution in [0.25, 0.3) is 10.9 Å². The number of hydrogen-bond acceptors (Lipinski definition) is 6. The summed E-state index contributed by atoms with van der Waals surface area (Å²) in [6, 6.07) is 12.5. The van der Waals surface area contributed by atoms with Crippen LogP contribution in [0.5, 0.6) is 0 Å². The first-order valence-corrected chi connectivity index (χ1v) is 10.4. The number of aryl methyl sites for hydroxylation is 1. The van der Waals surface area contributed by atoms with Gasteiger partial charge in [-0.2, -0.15) is 0 Å². The molecule has 0 bridgehead atoms. The normalized spacial score (nSPS) is 11.0. The quantitative estimate of drug-likeness (QED) is 0.365. The number of anilines is 1. The molecule has 0 aliphatic rings. The molecule has 2 N–H and O–H groups in total. The molecule has 146 valence electrons. The van der Waals surface area contributed by atoms with Crippen LogP contribution in [0.1, 0.15) is 21.6 Å². The van der Waals surface area contributed by atoms with Crippen molar-refractivity contribution in [1.82, 2.24) is 15.2 Å². The number of fused-ring (bicyclic) bond motifs is 1. The lowest BCUT2D eigenvalue weighted by Crippen LogP contribution is -2.11. The van der Waals surface area contributed by atoms with Gasteiger partial charge in [0.2, 0.25) is 5.13 Å². The highest BCUT2D eigenvalue weighted by molar-refractivity contribution is 8.00. The monoisotopic (exact) mass is 426 g/mol. The van der Waals surface area contributed by atoms with Crippen molar-refractivity contribution in [3.05, 3.63) is 81.4 Å². The van der Waals surface area contributed by atoms with E-state index in [9.17, 15) is 14.0 Å². The van der Waals surface area contributed by atoms with E-state index in [4.69, 9.17) is 0 Å². The lowest BCUT2D eigenvalue weighted by molar-refractivity contribution is 0.102. The van der Waals surface area contributed by atoms with Gasteiger partial charge in [-0.05, 0) is 48.9 Å². The van der Waals surface area contributed by atoms with Gasteiger partial charge in [0, 0.05) is 34.0 Å². The smallest absolute Gasteiger partial charge is 0.257 e. The number of halogens is 1. The molecule has 0 spiro atoms. The Balaban J connectivity index is 1.43. The van der Waals surface area contributed by atoms with E-state index < -0.39 is 5.82 Å². The second-order valence-corrected chi connectivity index (χ2v) is 8.53. The molecule has 0 saturated carbocycles. The van der Waals surface area contributed by atoms with E-state index in [1.54, 1.807) is 6.07 Å². The summed E-state index contributed by atoms with van der Waals surface area (Å²) in [5, 5.41) is 11.7. The van der Waals surface area contributed by atoms with E-state index in [2.05, 4.69) is 20.5 Å². The summed E-state index contributed by atoms with van der Waals surface area (Å²) in [5.74, 6) is -0.274. The topological polar surface area (TPSA) is 87.7 Å². The number of benzene rings is 2. The van der Waals surface area contributed by atoms with E-state index in [-0.39, 0.29) is 11.3 Å². The van der Waals surface area contributed by atoms with Crippen LogP contribution < -0.4 is 10.7 Å². The largest absolute Gasteiger partial charge is 0.357 e. The third-order valence-electron chi connectivity index (χ3n) is 4.13. The Bertz CT molecular complexity index is 1250. The Kier molecular flexibility index (Phi) is 5.41. The summed E-state index contributed by atoms with van der Waals surface area (Å²) in [6.07, 6.45) is 0. The van der Waals surface area contributed by atoms with Gasteiger partial charge in [0.15, 0.2) is 9.77 Å². The molecule has 2 aromatic carbocycles. The molecule has 0 aliphatic carbocycles. The molecule has 2 heterocycles. The molecule has 0 radical (unpaired) electrons. The van der Waals surface area contributed by atoms with Gasteiger partial charge >= 0.3 is 0 Å². The van der Waals surface area contributed by atoms with Crippen LogP contribution in [-0.2, 0) is 5.75 Å². The second kappa shape index (κ2) is 8.14. The standard InChI is InChI=1S/C20H15FN4O2S2/c1-11-2-7-15-16(8-11)22-14(9-17(15)26)10-28-20-25-24-19(29-20)23-18(27)12-3-5-13(21)6-4-12/h2-9H,10H2,1H3,(H,22,26)(H,23,24,27). The summed E-state index contributed by atoms with van der Waals surface area (Å²) in [4.78, 5) is 27.7. The summed E-state index contributed by atoms with van der Waals surface area (Å²) in [7, 11) is 0. The number of carbonyl (C=O) groups excluding carboxylic acids is 1. The molecular formula is C20H15FN4O2S2. The van der Waals surface area contributed by atoms with Gasteiger partial charge < -0.3 is 4.98 Å². The maximum Gasteiger partial charge on any atom is 0.257 e. The maximum atomic E-state index is 13.0. The molecule has 4 aromatic rings. The lowest BCUT2D eigenvalue weighted by atomic mass is 10.1. The van der Waals surface area contributed by atoms with Gasteiger partial charge in [0.05, 0.1) is 0 Å². The van der Waals surface area contributed by atoms with Crippen molar-refractivity contribution < 1.29 is 9.18 Å². The molecular weight excluding hydrogens is 411 g/mol. The molecule has 2 aromatic heterocycles. The van der Waals surface area contributed by atoms with Crippen LogP contribution >= 0.6 is 23.1 Å². The van der Waals surface area contributed by atoms with Crippen LogP contribution in [0.3, 0.4) is 0 Å². The molecule has 0 unspecified atom stereocenters. The number of carbonyl (C=O) groups is 1. The van der Waals surface area contributed by atoms with E-state index in [0.29, 0.717) is 26.2 Å². The first-order valence-electron chi connectivity index (χ1n) is 8.64. The van der Waals surface area contributed by atoms with Crippen molar-refractivity contribution in [2.45, 2.75) is 17.0 Å². The second-order valence-electron chi connectivity index (χ2n) is 6.33. The lowest BCUT2D eigenvalue weighted by Gasteiger charge is -2.04. The Morgan fingerprint density at radius 3 is 2.76 bits per heavy atom. The highest BCUT2D eigenvalue weighted by Gasteiger charge is 2.11. The average molecular weight is 426 g/mol. The number of H-pyrrole nitrogens is 1. The van der Waals surface area contributed by atoms with Gasteiger partial charge in [0.1, 0.15) is 5.82 Å². The summed E-state index contributed by atoms with van der Waals surface area (Å²) < 4.78 is 13.6. The number of aromatic nitrogens is 3. The number of hydrogen-bond donors (Lipinski definition) is 2. The molecule has 6 nitrogen and oxygen atoms in total. The Hall–Kier alpha value is -3.04. The summed E-state index contributed by atoms with van der Waals surface area (Å²) in [5.41, 5.74) is 2.96. The van der Waals surface area contributed by atoms with E-state index >= 15 is 0 Å². The molecule has 1 amide bonds. The maximum absolute atomic E-state index is 13.0. The van der Waals surface area contributed by atoms with Crippen molar-refractivity contribution in [2.24, 2.45) is 0 Å². The Morgan fingerprint density at radius 1 is 1.17 bits per heavy atom. The number of amides is 1. The van der Waals surface area contributed by atoms with Crippen molar-refractivity contribution in [1.29, 1.82) is 0 Å². The third-order valence-corrected chi connectivity index (χ3v) is 6.15. The predicted molar refractivity (Wildman–Crippen MR) is 113 cm³/mol. The first-order chi connectivity index (χ1) is 14.0. The molecule has 9 heteroatoms. The van der Waals surface area contributed by atoms with Crippen LogP contribution in [0, 0.1) is 12.7 Å². The minimum absolute atomic E-state index is 0.0288. The van der Waals surface area contributed by atoms with Crippen LogP contribution in [-0.4, -0.2) is 21.1 Å². The number of nitrogens with one attached hydrogen (secondary N) is 2. The summed E-state index contributed by atoms with van der Waals surface area (Å²) >= 11 is 2.65. The van der Waals surface area contributed by atoms with Gasteiger partial charge in [-0.3, -0.25) is 14.9 Å². The van der Waals surface area contributed by atoms with E-state index in [0.717, 1.165) is 16.8 Å². The number of pyridine rings is 1. The fourth-order valence-electron chi connectivity index (χ4n) is 2.73. The number of thioether (sulfide) groups is 1. The van der Waals surface area contributed by atoms with Crippen LogP contribution in [0.2, 0.25) is 0 Å². The average Bonchev–Trinajstić information content (AvgIpc) is 3.14. The van der Waals surface area contributed by atoms with E-state index in [1.165, 1.54) is 47.4 Å². The van der Waals surface area contributed by atoms with Gasteiger partial charge in [0.25, 0.3) is 5.91 Å². The SMILES string of the molecule is Cc1ccc2c(=O)cc(CSc3nnc(NC(=O)c4ccc(F)cc4)s3)[nH]c2c1. The number of rotatable bonds is 5. The van der Waals surface area contributed by atoms with Crippen molar-refractivity contribution in [3.63, 3.8) is 0 Å². The van der Waals surface area contributed by atoms with Crippen LogP contribution in [0.4, 0.5) is 9.52 Å². The molecule has 0 saturated heterocycles. The van der Waals surface area contributed by atoms with Crippen molar-refractivity contribution in [2.75, 3.05) is 5.32 Å². The van der Waals surface area contributed by atoms with E-state index in [1.807, 2.05) is 25.1 Å². The highest BCUT2D eigenvalue weighted by atomic mass is 32.2. The molecule has 29 heavy (non-hydrogen) atoms. The molecule has 4 rings (SSSR count). The summed E-state index contributed by atoms with van der Waals surface area (Å²) in [6.45, 7) is 1.97. The fraction of sp³-hybridized carbons (Fsp3) is 0.100. The zero-order chi connectivity index (χ0) is 20.4. The molecule has 0 fully saturated rings. The minimum Gasteiger partial charge on any atom is -0.357 e. The van der Waals surface area contributed by atoms with Gasteiger partial charge in [-0.25, -0.2) is 4.39 Å². The zero-order valence-corrected chi connectivity index (χ0v) is 16.9. The third kappa shape index (κ3) is 4.52. The predicted octanol–water partition coefficient (Wildman–Crippen LogP) is 4.37.